The number of rotatable bonds is 8. The second-order valence-electron chi connectivity index (χ2n) is 6.56. The Balaban J connectivity index is 1.33. The third-order valence-corrected chi connectivity index (χ3v) is 6.32. The van der Waals surface area contributed by atoms with Crippen molar-refractivity contribution in [1.29, 1.82) is 0 Å². The molecule has 0 fully saturated rings. The number of esters is 1. The fourth-order valence-corrected chi connectivity index (χ4v) is 4.62. The van der Waals surface area contributed by atoms with Crippen LogP contribution in [-0.2, 0) is 16.1 Å². The van der Waals surface area contributed by atoms with E-state index in [1.165, 1.54) is 27.6 Å². The zero-order valence-corrected chi connectivity index (χ0v) is 18.4. The van der Waals surface area contributed by atoms with Crippen LogP contribution < -0.4 is 10.2 Å². The Hall–Kier alpha value is -3.30. The average molecular weight is 453 g/mol. The number of likely N-dealkylation sites (N-methyl/N-ethyl adjacent to an activating group) is 1. The van der Waals surface area contributed by atoms with E-state index in [-0.39, 0.29) is 18.2 Å². The minimum Gasteiger partial charge on any atom is -0.451 e. The summed E-state index contributed by atoms with van der Waals surface area (Å²) >= 11 is 2.75. The van der Waals surface area contributed by atoms with Crippen LogP contribution in [0.5, 0.6) is 0 Å². The fourth-order valence-electron chi connectivity index (χ4n) is 2.90. The zero-order chi connectivity index (χ0) is 21.6. The molecule has 0 saturated heterocycles. The van der Waals surface area contributed by atoms with Crippen LogP contribution in [0.4, 0.5) is 10.3 Å². The molecule has 2 heterocycles. The number of thiazole rings is 2. The Kier molecular flexibility index (Phi) is 6.54. The molecule has 158 valence electrons. The molecule has 2 aromatic carbocycles. The van der Waals surface area contributed by atoms with Crippen LogP contribution in [0, 0.1) is 0 Å². The number of anilines is 2. The minimum absolute atomic E-state index is 0.177. The lowest BCUT2D eigenvalue weighted by Gasteiger charge is -2.17. The molecule has 0 radical (unpaired) electrons. The molecular formula is C22H20N4O3S2. The fraction of sp³-hybridized carbons (Fsp3) is 0.182. The Labute approximate surface area is 187 Å². The Morgan fingerprint density at radius 2 is 1.84 bits per heavy atom. The van der Waals surface area contributed by atoms with Crippen LogP contribution in [0.3, 0.4) is 0 Å². The summed E-state index contributed by atoms with van der Waals surface area (Å²) in [6.45, 7) is 2.53. The lowest BCUT2D eigenvalue weighted by atomic mass is 10.2. The molecule has 9 heteroatoms. The molecule has 0 bridgehead atoms. The number of carbonyl (C=O) groups excluding carboxylic acids is 2. The van der Waals surface area contributed by atoms with Gasteiger partial charge >= 0.3 is 5.97 Å². The smallest absolute Gasteiger partial charge is 0.358 e. The predicted octanol–water partition coefficient (Wildman–Crippen LogP) is 4.57. The Morgan fingerprint density at radius 1 is 1.06 bits per heavy atom. The molecule has 0 saturated carbocycles. The summed E-state index contributed by atoms with van der Waals surface area (Å²) in [6.07, 6.45) is 0. The summed E-state index contributed by atoms with van der Waals surface area (Å²) < 4.78 is 6.21. The second kappa shape index (κ2) is 9.67. The highest BCUT2D eigenvalue weighted by atomic mass is 32.1. The van der Waals surface area contributed by atoms with E-state index in [1.54, 1.807) is 5.38 Å². The van der Waals surface area contributed by atoms with Gasteiger partial charge in [0.25, 0.3) is 5.91 Å². The van der Waals surface area contributed by atoms with Crippen molar-refractivity contribution in [3.63, 3.8) is 0 Å². The number of nitrogens with one attached hydrogen (secondary N) is 1. The van der Waals surface area contributed by atoms with E-state index in [4.69, 9.17) is 4.74 Å². The highest BCUT2D eigenvalue weighted by Gasteiger charge is 2.21. The first-order chi connectivity index (χ1) is 15.1. The maximum Gasteiger partial charge on any atom is 0.358 e. The van der Waals surface area contributed by atoms with Crippen LogP contribution >= 0.6 is 22.7 Å². The molecule has 0 atom stereocenters. The Morgan fingerprint density at radius 3 is 2.61 bits per heavy atom. The van der Waals surface area contributed by atoms with Gasteiger partial charge < -0.3 is 10.1 Å². The lowest BCUT2D eigenvalue weighted by Crippen LogP contribution is -2.34. The van der Waals surface area contributed by atoms with Crippen LogP contribution in [0.1, 0.15) is 23.0 Å². The van der Waals surface area contributed by atoms with Crippen molar-refractivity contribution in [1.82, 2.24) is 9.97 Å². The van der Waals surface area contributed by atoms with Gasteiger partial charge in [-0.1, -0.05) is 53.8 Å². The third kappa shape index (κ3) is 5.07. The molecule has 31 heavy (non-hydrogen) atoms. The number of hydrogen-bond donors (Lipinski definition) is 1. The van der Waals surface area contributed by atoms with Gasteiger partial charge in [0.15, 0.2) is 22.6 Å². The van der Waals surface area contributed by atoms with E-state index in [2.05, 4.69) is 15.3 Å². The number of amides is 1. The van der Waals surface area contributed by atoms with E-state index < -0.39 is 5.97 Å². The van der Waals surface area contributed by atoms with E-state index in [9.17, 15) is 9.59 Å². The molecule has 7 nitrogen and oxygen atoms in total. The lowest BCUT2D eigenvalue weighted by molar-refractivity contribution is -0.121. The molecule has 0 spiro atoms. The van der Waals surface area contributed by atoms with Crippen molar-refractivity contribution < 1.29 is 14.3 Å². The van der Waals surface area contributed by atoms with Gasteiger partial charge in [-0.2, -0.15) is 0 Å². The highest BCUT2D eigenvalue weighted by molar-refractivity contribution is 7.22. The third-order valence-electron chi connectivity index (χ3n) is 4.46. The predicted molar refractivity (Wildman–Crippen MR) is 124 cm³/mol. The number of hydrogen-bond acceptors (Lipinski definition) is 8. The number of fused-ring (bicyclic) bond motifs is 1. The largest absolute Gasteiger partial charge is 0.451 e. The summed E-state index contributed by atoms with van der Waals surface area (Å²) in [5, 5.41) is 6.00. The molecule has 4 rings (SSSR count). The summed E-state index contributed by atoms with van der Waals surface area (Å²) in [4.78, 5) is 35.2. The summed E-state index contributed by atoms with van der Waals surface area (Å²) in [6, 6.07) is 17.6. The minimum atomic E-state index is -0.627. The maximum atomic E-state index is 12.6. The van der Waals surface area contributed by atoms with E-state index >= 15 is 0 Å². The Bertz CT molecular complexity index is 1160. The van der Waals surface area contributed by atoms with Gasteiger partial charge in [-0.3, -0.25) is 9.69 Å². The summed E-state index contributed by atoms with van der Waals surface area (Å²) in [5.41, 5.74) is 2.13. The monoisotopic (exact) mass is 452 g/mol. The normalized spacial score (nSPS) is 10.7. The zero-order valence-electron chi connectivity index (χ0n) is 16.8. The van der Waals surface area contributed by atoms with Crippen LogP contribution in [-0.4, -0.2) is 35.0 Å². The molecule has 0 aliphatic rings. The van der Waals surface area contributed by atoms with Gasteiger partial charge in [-0.15, -0.1) is 11.3 Å². The van der Waals surface area contributed by atoms with Gasteiger partial charge in [-0.25, -0.2) is 14.8 Å². The standard InChI is InChI=1S/C22H20N4O3S2/c1-2-26(22-25-16-10-6-7-11-18(16)31-22)19(27)13-29-20(28)17-14-30-21(24-17)23-12-15-8-4-3-5-9-15/h3-11,14H,2,12-13H2,1H3,(H,23,24). The molecule has 4 aromatic rings. The van der Waals surface area contributed by atoms with Crippen molar-refractivity contribution in [2.75, 3.05) is 23.4 Å². The van der Waals surface area contributed by atoms with E-state index in [0.717, 1.165) is 15.8 Å². The van der Waals surface area contributed by atoms with Gasteiger partial charge in [0.05, 0.1) is 10.2 Å². The van der Waals surface area contributed by atoms with E-state index in [0.29, 0.717) is 23.4 Å². The average Bonchev–Trinajstić information content (AvgIpc) is 3.44. The SMILES string of the molecule is CCN(C(=O)COC(=O)c1csc(NCc2ccccc2)n1)c1nc2ccccc2s1. The van der Waals surface area contributed by atoms with Crippen molar-refractivity contribution >= 4 is 55.0 Å². The summed E-state index contributed by atoms with van der Waals surface area (Å²) in [5.74, 6) is -0.953. The van der Waals surface area contributed by atoms with Crippen molar-refractivity contribution in [3.8, 4) is 0 Å². The molecule has 0 unspecified atom stereocenters. The van der Waals surface area contributed by atoms with Crippen molar-refractivity contribution in [2.45, 2.75) is 13.5 Å². The second-order valence-corrected chi connectivity index (χ2v) is 8.42. The summed E-state index contributed by atoms with van der Waals surface area (Å²) in [7, 11) is 0. The highest BCUT2D eigenvalue weighted by Crippen LogP contribution is 2.28. The molecular weight excluding hydrogens is 432 g/mol. The van der Waals surface area contributed by atoms with Crippen LogP contribution in [0.2, 0.25) is 0 Å². The van der Waals surface area contributed by atoms with Gasteiger partial charge in [0, 0.05) is 18.5 Å². The van der Waals surface area contributed by atoms with Gasteiger partial charge in [0.2, 0.25) is 0 Å². The van der Waals surface area contributed by atoms with Crippen molar-refractivity contribution in [2.24, 2.45) is 0 Å². The molecule has 0 aliphatic heterocycles. The topological polar surface area (TPSA) is 84.4 Å². The number of ether oxygens (including phenoxy) is 1. The first-order valence-electron chi connectivity index (χ1n) is 9.70. The number of nitrogens with zero attached hydrogens (tertiary/aromatic N) is 3. The van der Waals surface area contributed by atoms with E-state index in [1.807, 2.05) is 61.5 Å². The maximum absolute atomic E-state index is 12.6. The van der Waals surface area contributed by atoms with Crippen molar-refractivity contribution in [3.05, 3.63) is 71.2 Å². The molecule has 1 amide bonds. The molecule has 1 N–H and O–H groups in total. The number of carbonyl (C=O) groups is 2. The van der Waals surface area contributed by atoms with Gasteiger partial charge in [-0.05, 0) is 24.6 Å². The molecule has 0 aliphatic carbocycles. The first kappa shape index (κ1) is 21.0. The number of benzene rings is 2. The molecule has 2 aromatic heterocycles. The van der Waals surface area contributed by atoms with Gasteiger partial charge in [0.1, 0.15) is 0 Å². The van der Waals surface area contributed by atoms with Crippen LogP contribution in [0.15, 0.2) is 60.0 Å². The first-order valence-corrected chi connectivity index (χ1v) is 11.4. The van der Waals surface area contributed by atoms with Crippen LogP contribution in [0.25, 0.3) is 10.2 Å². The number of para-hydroxylation sites is 1. The quantitative estimate of drug-likeness (QED) is 0.394. The number of aromatic nitrogens is 2.